The highest BCUT2D eigenvalue weighted by Gasteiger charge is 2.36. The fraction of sp³-hybridized carbons (Fsp3) is 0.217. The Morgan fingerprint density at radius 2 is 2.03 bits per heavy atom. The maximum atomic E-state index is 13.9. The van der Waals surface area contributed by atoms with Crippen molar-refractivity contribution in [1.82, 2.24) is 19.6 Å². The van der Waals surface area contributed by atoms with Gasteiger partial charge in [-0.15, -0.1) is 11.3 Å². The number of para-hydroxylation sites is 1. The molecule has 0 radical (unpaired) electrons. The summed E-state index contributed by atoms with van der Waals surface area (Å²) in [5, 5.41) is 5.55. The van der Waals surface area contributed by atoms with Crippen molar-refractivity contribution in [3.8, 4) is 0 Å². The number of carbonyl (C=O) groups is 3. The maximum absolute atomic E-state index is 13.9. The van der Waals surface area contributed by atoms with Crippen LogP contribution in [0.4, 0.5) is 5.69 Å². The van der Waals surface area contributed by atoms with Gasteiger partial charge in [-0.3, -0.25) is 14.4 Å². The molecule has 0 spiro atoms. The normalized spacial score (nSPS) is 11.9. The van der Waals surface area contributed by atoms with E-state index in [1.807, 2.05) is 41.8 Å². The maximum Gasteiger partial charge on any atom is 0.270 e. The summed E-state index contributed by atoms with van der Waals surface area (Å²) in [5.74, 6) is -1.74. The first kappa shape index (κ1) is 24.4. The highest BCUT2D eigenvalue weighted by Crippen LogP contribution is 2.34. The molecule has 1 atom stereocenters. The van der Waals surface area contributed by atoms with E-state index in [-0.39, 0.29) is 35.3 Å². The number of anilines is 1. The lowest BCUT2D eigenvalue weighted by Crippen LogP contribution is -2.44. The number of H-pyrrole nitrogens is 1. The van der Waals surface area contributed by atoms with Crippen LogP contribution in [-0.2, 0) is 16.1 Å². The van der Waals surface area contributed by atoms with Crippen LogP contribution in [0, 0.1) is 0 Å². The SMILES string of the molecule is COCCNC(=O)[C@@H](c1c[nH]c2ccccc12)N(Cc1cccs1)C(=O)c1snc(C(N)=O)c1N. The topological polar surface area (TPSA) is 156 Å². The molecule has 4 aromatic rings. The average molecular weight is 513 g/mol. The summed E-state index contributed by atoms with van der Waals surface area (Å²) in [6.07, 6.45) is 1.73. The highest BCUT2D eigenvalue weighted by atomic mass is 32.1. The van der Waals surface area contributed by atoms with Gasteiger partial charge in [0.15, 0.2) is 5.69 Å². The first-order valence-electron chi connectivity index (χ1n) is 10.6. The lowest BCUT2D eigenvalue weighted by molar-refractivity contribution is -0.126. The average Bonchev–Trinajstić information content (AvgIpc) is 3.59. The number of methoxy groups -OCH3 is 1. The smallest absolute Gasteiger partial charge is 0.270 e. The van der Waals surface area contributed by atoms with E-state index in [1.54, 1.807) is 13.3 Å². The summed E-state index contributed by atoms with van der Waals surface area (Å²) in [7, 11) is 1.54. The molecular weight excluding hydrogens is 488 g/mol. The Bertz CT molecular complexity index is 1350. The second-order valence-electron chi connectivity index (χ2n) is 7.63. The molecule has 3 aromatic heterocycles. The van der Waals surface area contributed by atoms with Crippen LogP contribution in [0.25, 0.3) is 10.9 Å². The number of amides is 3. The second kappa shape index (κ2) is 10.7. The predicted octanol–water partition coefficient (Wildman–Crippen LogP) is 2.51. The molecule has 0 saturated carbocycles. The zero-order chi connectivity index (χ0) is 24.9. The van der Waals surface area contributed by atoms with Gasteiger partial charge in [0, 0.05) is 41.2 Å². The van der Waals surface area contributed by atoms with Crippen molar-refractivity contribution < 1.29 is 19.1 Å². The molecule has 3 heterocycles. The first-order chi connectivity index (χ1) is 16.9. The Balaban J connectivity index is 1.83. The number of nitrogens with two attached hydrogens (primary N) is 2. The number of nitrogens with zero attached hydrogens (tertiary/aromatic N) is 2. The highest BCUT2D eigenvalue weighted by molar-refractivity contribution is 7.10. The van der Waals surface area contributed by atoms with Crippen LogP contribution >= 0.6 is 22.9 Å². The van der Waals surface area contributed by atoms with E-state index >= 15 is 0 Å². The van der Waals surface area contributed by atoms with Crippen LogP contribution in [-0.4, -0.2) is 52.2 Å². The van der Waals surface area contributed by atoms with E-state index in [1.165, 1.54) is 16.2 Å². The third-order valence-corrected chi connectivity index (χ3v) is 7.12. The molecule has 12 heteroatoms. The minimum absolute atomic E-state index is 0.0462. The molecule has 0 unspecified atom stereocenters. The molecule has 0 fully saturated rings. The van der Waals surface area contributed by atoms with Gasteiger partial charge in [-0.2, -0.15) is 4.37 Å². The molecular formula is C23H24N6O4S2. The summed E-state index contributed by atoms with van der Waals surface area (Å²) >= 11 is 2.24. The van der Waals surface area contributed by atoms with Crippen LogP contribution in [0.3, 0.4) is 0 Å². The number of ether oxygens (including phenoxy) is 1. The van der Waals surface area contributed by atoms with E-state index in [9.17, 15) is 14.4 Å². The molecule has 6 N–H and O–H groups in total. The number of aromatic nitrogens is 2. The van der Waals surface area contributed by atoms with Gasteiger partial charge in [0.05, 0.1) is 18.8 Å². The number of nitrogens with one attached hydrogen (secondary N) is 2. The number of nitrogen functional groups attached to an aromatic ring is 1. The van der Waals surface area contributed by atoms with Gasteiger partial charge in [-0.1, -0.05) is 24.3 Å². The monoisotopic (exact) mass is 512 g/mol. The Kier molecular flexibility index (Phi) is 7.44. The molecule has 10 nitrogen and oxygen atoms in total. The molecule has 0 aliphatic heterocycles. The second-order valence-corrected chi connectivity index (χ2v) is 9.43. The number of benzene rings is 1. The van der Waals surface area contributed by atoms with Crippen molar-refractivity contribution in [2.45, 2.75) is 12.6 Å². The standard InChI is InChI=1S/C23H24N6O4S2/c1-33-9-8-26-22(31)19(15-11-27-16-7-3-2-6-14(15)16)29(12-13-5-4-10-34-13)23(32)20-17(24)18(21(25)30)28-35-20/h2-7,10-11,19,27H,8-9,12,24H2,1H3,(H2,25,30)(H,26,31)/t19-/m1/s1. The largest absolute Gasteiger partial charge is 0.395 e. The van der Waals surface area contributed by atoms with Gasteiger partial charge in [0.1, 0.15) is 10.9 Å². The summed E-state index contributed by atoms with van der Waals surface area (Å²) in [6.45, 7) is 0.723. The van der Waals surface area contributed by atoms with Crippen LogP contribution < -0.4 is 16.8 Å². The minimum Gasteiger partial charge on any atom is -0.395 e. The Morgan fingerprint density at radius 1 is 1.23 bits per heavy atom. The number of hydrogen-bond donors (Lipinski definition) is 4. The molecule has 1 aromatic carbocycles. The van der Waals surface area contributed by atoms with E-state index in [2.05, 4.69) is 14.7 Å². The molecule has 0 aliphatic rings. The van der Waals surface area contributed by atoms with Gasteiger partial charge in [0.25, 0.3) is 11.8 Å². The van der Waals surface area contributed by atoms with Gasteiger partial charge in [-0.05, 0) is 29.0 Å². The van der Waals surface area contributed by atoms with Gasteiger partial charge in [-0.25, -0.2) is 0 Å². The molecule has 4 rings (SSSR count). The zero-order valence-corrected chi connectivity index (χ0v) is 20.4. The number of carbonyl (C=O) groups excluding carboxylic acids is 3. The van der Waals surface area contributed by atoms with E-state index < -0.39 is 17.9 Å². The lowest BCUT2D eigenvalue weighted by atomic mass is 10.0. The van der Waals surface area contributed by atoms with E-state index in [4.69, 9.17) is 16.2 Å². The summed E-state index contributed by atoms with van der Waals surface area (Å²) in [4.78, 5) is 44.7. The van der Waals surface area contributed by atoms with Crippen LogP contribution in [0.2, 0.25) is 0 Å². The Labute approximate surface area is 209 Å². The van der Waals surface area contributed by atoms with Crippen LogP contribution in [0.1, 0.15) is 36.6 Å². The third-order valence-electron chi connectivity index (χ3n) is 5.40. The van der Waals surface area contributed by atoms with Gasteiger partial charge >= 0.3 is 0 Å². The summed E-state index contributed by atoms with van der Waals surface area (Å²) < 4.78 is 9.04. The van der Waals surface area contributed by atoms with E-state index in [0.717, 1.165) is 27.3 Å². The summed E-state index contributed by atoms with van der Waals surface area (Å²) in [5.41, 5.74) is 12.6. The molecule has 182 valence electrons. The number of hydrogen-bond acceptors (Lipinski definition) is 8. The molecule has 3 amide bonds. The molecule has 0 bridgehead atoms. The molecule has 35 heavy (non-hydrogen) atoms. The minimum atomic E-state index is -1.00. The lowest BCUT2D eigenvalue weighted by Gasteiger charge is -2.30. The van der Waals surface area contributed by atoms with Crippen molar-refractivity contribution >= 4 is 57.2 Å². The summed E-state index contributed by atoms with van der Waals surface area (Å²) in [6, 6.07) is 10.3. The van der Waals surface area contributed by atoms with E-state index in [0.29, 0.717) is 12.2 Å². The van der Waals surface area contributed by atoms with Crippen molar-refractivity contribution in [2.75, 3.05) is 26.0 Å². The molecule has 0 aliphatic carbocycles. The molecule has 0 saturated heterocycles. The number of thiophene rings is 1. The Hall–Kier alpha value is -3.74. The number of aromatic amines is 1. The third kappa shape index (κ3) is 5.04. The number of primary amides is 1. The van der Waals surface area contributed by atoms with Gasteiger partial charge < -0.3 is 31.4 Å². The fourth-order valence-corrected chi connectivity index (χ4v) is 5.22. The van der Waals surface area contributed by atoms with Crippen molar-refractivity contribution in [2.24, 2.45) is 5.73 Å². The van der Waals surface area contributed by atoms with Gasteiger partial charge in [0.2, 0.25) is 5.91 Å². The fourth-order valence-electron chi connectivity index (χ4n) is 3.75. The van der Waals surface area contributed by atoms with Crippen LogP contribution in [0.15, 0.2) is 48.0 Å². The zero-order valence-electron chi connectivity index (χ0n) is 18.8. The Morgan fingerprint density at radius 3 is 2.71 bits per heavy atom. The quantitative estimate of drug-likeness (QED) is 0.239. The number of fused-ring (bicyclic) bond motifs is 1. The van der Waals surface area contributed by atoms with Crippen molar-refractivity contribution in [3.63, 3.8) is 0 Å². The van der Waals surface area contributed by atoms with Crippen molar-refractivity contribution in [3.05, 3.63) is 69.0 Å². The van der Waals surface area contributed by atoms with Crippen LogP contribution in [0.5, 0.6) is 0 Å². The van der Waals surface area contributed by atoms with Crippen molar-refractivity contribution in [1.29, 1.82) is 0 Å². The first-order valence-corrected chi connectivity index (χ1v) is 12.3. The predicted molar refractivity (Wildman–Crippen MR) is 135 cm³/mol. The number of rotatable bonds is 10.